The van der Waals surface area contributed by atoms with Crippen molar-refractivity contribution in [1.82, 2.24) is 4.98 Å². The van der Waals surface area contributed by atoms with E-state index in [-0.39, 0.29) is 11.1 Å². The number of nitro groups is 1. The van der Waals surface area contributed by atoms with E-state index in [4.69, 9.17) is 16.3 Å². The lowest BCUT2D eigenvalue weighted by molar-refractivity contribution is -0.384. The van der Waals surface area contributed by atoms with Gasteiger partial charge in [0.2, 0.25) is 0 Å². The third kappa shape index (κ3) is 3.39. The summed E-state index contributed by atoms with van der Waals surface area (Å²) in [4.78, 5) is 14.7. The SMILES string of the molecule is COCC(Cl)Cc1ccc2cc([N+](=O)[O-])ccc2n1. The number of halogens is 1. The Hall–Kier alpha value is -1.72. The highest BCUT2D eigenvalue weighted by atomic mass is 35.5. The van der Waals surface area contributed by atoms with Crippen LogP contribution < -0.4 is 0 Å². The second kappa shape index (κ2) is 5.95. The number of nitrogens with zero attached hydrogens (tertiary/aromatic N) is 2. The molecular formula is C13H13ClN2O3. The standard InChI is InChI=1S/C13H13ClN2O3/c1-19-8-10(14)7-11-3-2-9-6-12(16(17)18)4-5-13(9)15-11/h2-6,10H,7-8H2,1H3. The molecule has 1 aromatic heterocycles. The number of benzene rings is 1. The number of alkyl halides is 1. The van der Waals surface area contributed by atoms with Crippen molar-refractivity contribution in [2.45, 2.75) is 11.8 Å². The molecule has 1 atom stereocenters. The van der Waals surface area contributed by atoms with Gasteiger partial charge in [-0.3, -0.25) is 15.1 Å². The van der Waals surface area contributed by atoms with E-state index >= 15 is 0 Å². The van der Waals surface area contributed by atoms with Crippen LogP contribution in [0.5, 0.6) is 0 Å². The Kier molecular flexibility index (Phi) is 4.29. The van der Waals surface area contributed by atoms with Crippen molar-refractivity contribution in [3.8, 4) is 0 Å². The molecule has 5 nitrogen and oxygen atoms in total. The van der Waals surface area contributed by atoms with Crippen molar-refractivity contribution < 1.29 is 9.66 Å². The van der Waals surface area contributed by atoms with Gasteiger partial charge >= 0.3 is 0 Å². The lowest BCUT2D eigenvalue weighted by atomic mass is 10.1. The fourth-order valence-electron chi connectivity index (χ4n) is 1.85. The molecule has 1 aromatic carbocycles. The Labute approximate surface area is 115 Å². The van der Waals surface area contributed by atoms with Gasteiger partial charge in [-0.2, -0.15) is 0 Å². The van der Waals surface area contributed by atoms with Gasteiger partial charge < -0.3 is 4.74 Å². The molecule has 2 rings (SSSR count). The first kappa shape index (κ1) is 13.7. The summed E-state index contributed by atoms with van der Waals surface area (Å²) in [6.45, 7) is 0.460. The first-order chi connectivity index (χ1) is 9.10. The molecular weight excluding hydrogens is 268 g/mol. The van der Waals surface area contributed by atoms with Crippen molar-refractivity contribution in [1.29, 1.82) is 0 Å². The molecule has 0 aliphatic heterocycles. The van der Waals surface area contributed by atoms with Crippen LogP contribution in [0.4, 0.5) is 5.69 Å². The zero-order valence-electron chi connectivity index (χ0n) is 10.4. The molecule has 2 aromatic rings. The zero-order valence-corrected chi connectivity index (χ0v) is 11.1. The Morgan fingerprint density at radius 2 is 2.21 bits per heavy atom. The first-order valence-corrected chi connectivity index (χ1v) is 6.21. The van der Waals surface area contributed by atoms with E-state index in [0.717, 1.165) is 16.6 Å². The van der Waals surface area contributed by atoms with E-state index in [1.807, 2.05) is 12.1 Å². The number of hydrogen-bond acceptors (Lipinski definition) is 4. The number of nitro benzene ring substituents is 1. The molecule has 0 saturated heterocycles. The van der Waals surface area contributed by atoms with Crippen LogP contribution in [0.3, 0.4) is 0 Å². The van der Waals surface area contributed by atoms with Crippen LogP contribution in [-0.4, -0.2) is 29.0 Å². The fraction of sp³-hybridized carbons (Fsp3) is 0.308. The highest BCUT2D eigenvalue weighted by Crippen LogP contribution is 2.20. The molecule has 0 radical (unpaired) electrons. The van der Waals surface area contributed by atoms with Crippen LogP contribution in [0.15, 0.2) is 30.3 Å². The Balaban J connectivity index is 2.26. The molecule has 0 N–H and O–H groups in total. The number of non-ortho nitro benzene ring substituents is 1. The van der Waals surface area contributed by atoms with E-state index < -0.39 is 4.92 Å². The molecule has 0 aliphatic carbocycles. The van der Waals surface area contributed by atoms with E-state index in [1.165, 1.54) is 12.1 Å². The van der Waals surface area contributed by atoms with Gasteiger partial charge in [0.25, 0.3) is 5.69 Å². The zero-order chi connectivity index (χ0) is 13.8. The molecule has 19 heavy (non-hydrogen) atoms. The Bertz CT molecular complexity index is 603. The minimum Gasteiger partial charge on any atom is -0.383 e. The average Bonchev–Trinajstić information content (AvgIpc) is 2.38. The number of rotatable bonds is 5. The molecule has 1 heterocycles. The molecule has 100 valence electrons. The van der Waals surface area contributed by atoms with Crippen LogP contribution in [0.1, 0.15) is 5.69 Å². The van der Waals surface area contributed by atoms with Crippen LogP contribution in [0.2, 0.25) is 0 Å². The second-order valence-corrected chi connectivity index (χ2v) is 4.81. The molecule has 0 spiro atoms. The summed E-state index contributed by atoms with van der Waals surface area (Å²) in [5.41, 5.74) is 1.64. The quantitative estimate of drug-likeness (QED) is 0.480. The van der Waals surface area contributed by atoms with Gasteiger partial charge in [0.05, 0.1) is 22.4 Å². The average molecular weight is 281 g/mol. The largest absolute Gasteiger partial charge is 0.383 e. The van der Waals surface area contributed by atoms with Crippen molar-refractivity contribution in [2.75, 3.05) is 13.7 Å². The van der Waals surface area contributed by atoms with Crippen LogP contribution >= 0.6 is 11.6 Å². The van der Waals surface area contributed by atoms with Crippen LogP contribution in [0.25, 0.3) is 10.9 Å². The predicted molar refractivity (Wildman–Crippen MR) is 73.6 cm³/mol. The van der Waals surface area contributed by atoms with Gasteiger partial charge in [0.1, 0.15) is 0 Å². The summed E-state index contributed by atoms with van der Waals surface area (Å²) in [6, 6.07) is 8.26. The number of hydrogen-bond donors (Lipinski definition) is 0. The third-order valence-electron chi connectivity index (χ3n) is 2.72. The third-order valence-corrected chi connectivity index (χ3v) is 3.00. The van der Waals surface area contributed by atoms with Gasteiger partial charge in [-0.1, -0.05) is 6.07 Å². The minimum atomic E-state index is -0.416. The van der Waals surface area contributed by atoms with E-state index in [0.29, 0.717) is 13.0 Å². The van der Waals surface area contributed by atoms with Crippen molar-refractivity contribution in [3.63, 3.8) is 0 Å². The molecule has 0 saturated carbocycles. The number of ether oxygens (including phenoxy) is 1. The van der Waals surface area contributed by atoms with E-state index in [9.17, 15) is 10.1 Å². The molecule has 0 bridgehead atoms. The number of fused-ring (bicyclic) bond motifs is 1. The minimum absolute atomic E-state index is 0.0663. The van der Waals surface area contributed by atoms with E-state index in [1.54, 1.807) is 13.2 Å². The topological polar surface area (TPSA) is 65.3 Å². The van der Waals surface area contributed by atoms with Crippen molar-refractivity contribution in [2.24, 2.45) is 0 Å². The monoisotopic (exact) mass is 280 g/mol. The lowest BCUT2D eigenvalue weighted by Gasteiger charge is -2.08. The maximum atomic E-state index is 10.7. The maximum Gasteiger partial charge on any atom is 0.270 e. The van der Waals surface area contributed by atoms with Gasteiger partial charge in [-0.25, -0.2) is 0 Å². The Morgan fingerprint density at radius 3 is 2.89 bits per heavy atom. The maximum absolute atomic E-state index is 10.7. The highest BCUT2D eigenvalue weighted by Gasteiger charge is 2.09. The number of pyridine rings is 1. The highest BCUT2D eigenvalue weighted by molar-refractivity contribution is 6.20. The molecule has 0 fully saturated rings. The summed E-state index contributed by atoms with van der Waals surface area (Å²) in [6.07, 6.45) is 0.600. The summed E-state index contributed by atoms with van der Waals surface area (Å²) < 4.78 is 4.97. The van der Waals surface area contributed by atoms with Crippen LogP contribution in [0, 0.1) is 10.1 Å². The predicted octanol–water partition coefficient (Wildman–Crippen LogP) is 2.94. The summed E-state index contributed by atoms with van der Waals surface area (Å²) in [7, 11) is 1.60. The second-order valence-electron chi connectivity index (χ2n) is 4.19. The van der Waals surface area contributed by atoms with Gasteiger partial charge in [0.15, 0.2) is 0 Å². The first-order valence-electron chi connectivity index (χ1n) is 5.77. The molecule has 6 heteroatoms. The van der Waals surface area contributed by atoms with Gasteiger partial charge in [0, 0.05) is 36.7 Å². The van der Waals surface area contributed by atoms with Crippen LogP contribution in [-0.2, 0) is 11.2 Å². The van der Waals surface area contributed by atoms with Crippen molar-refractivity contribution in [3.05, 3.63) is 46.1 Å². The van der Waals surface area contributed by atoms with Gasteiger partial charge in [-0.05, 0) is 12.1 Å². The number of aromatic nitrogens is 1. The normalized spacial score (nSPS) is 12.5. The summed E-state index contributed by atoms with van der Waals surface area (Å²) in [5, 5.41) is 11.3. The van der Waals surface area contributed by atoms with Gasteiger partial charge in [-0.15, -0.1) is 11.6 Å². The molecule has 1 unspecified atom stereocenters. The molecule has 0 aliphatic rings. The van der Waals surface area contributed by atoms with Crippen molar-refractivity contribution >= 4 is 28.2 Å². The molecule has 0 amide bonds. The summed E-state index contributed by atoms with van der Waals surface area (Å²) in [5.74, 6) is 0. The number of methoxy groups -OCH3 is 1. The lowest BCUT2D eigenvalue weighted by Crippen LogP contribution is -2.11. The van der Waals surface area contributed by atoms with E-state index in [2.05, 4.69) is 4.98 Å². The fourth-order valence-corrected chi connectivity index (χ4v) is 2.13. The Morgan fingerprint density at radius 1 is 1.42 bits per heavy atom. The summed E-state index contributed by atoms with van der Waals surface area (Å²) >= 11 is 6.08. The smallest absolute Gasteiger partial charge is 0.270 e.